The van der Waals surface area contributed by atoms with Gasteiger partial charge in [0.25, 0.3) is 0 Å². The minimum absolute atomic E-state index is 0.269. The van der Waals surface area contributed by atoms with Crippen LogP contribution in [-0.2, 0) is 9.59 Å². The maximum atomic E-state index is 12.2. The maximum absolute atomic E-state index is 12.2. The zero-order valence-electron chi connectivity index (χ0n) is 11.2. The molecule has 5 heteroatoms. The lowest BCUT2D eigenvalue weighted by Crippen LogP contribution is -2.34. The van der Waals surface area contributed by atoms with Crippen LogP contribution in [0.15, 0.2) is 36.4 Å². The molecule has 1 aromatic rings. The first-order chi connectivity index (χ1) is 9.61. The lowest BCUT2D eigenvalue weighted by molar-refractivity contribution is -0.146. The molecule has 1 aliphatic rings. The van der Waals surface area contributed by atoms with Crippen molar-refractivity contribution in [1.29, 1.82) is 0 Å². The first-order valence-electron chi connectivity index (χ1n) is 6.44. The highest BCUT2D eigenvalue weighted by molar-refractivity contribution is 5.95. The van der Waals surface area contributed by atoms with E-state index in [-0.39, 0.29) is 5.91 Å². The van der Waals surface area contributed by atoms with Gasteiger partial charge < -0.3 is 15.2 Å². The fraction of sp³-hybridized carbons (Fsp3) is 0.333. The molecule has 0 heterocycles. The van der Waals surface area contributed by atoms with Crippen molar-refractivity contribution in [3.63, 3.8) is 0 Å². The molecule has 0 aliphatic heterocycles. The highest BCUT2D eigenvalue weighted by atomic mass is 16.5. The second kappa shape index (κ2) is 6.23. The van der Waals surface area contributed by atoms with Crippen LogP contribution in [0, 0.1) is 11.8 Å². The Hall–Kier alpha value is -2.30. The number of hydrogen-bond donors (Lipinski definition) is 2. The molecule has 0 fully saturated rings. The predicted molar refractivity (Wildman–Crippen MR) is 74.6 cm³/mol. The van der Waals surface area contributed by atoms with Crippen molar-refractivity contribution in [3.05, 3.63) is 36.4 Å². The molecule has 0 saturated heterocycles. The third kappa shape index (κ3) is 3.17. The third-order valence-electron chi connectivity index (χ3n) is 3.42. The van der Waals surface area contributed by atoms with Crippen LogP contribution in [0.4, 0.5) is 5.69 Å². The van der Waals surface area contributed by atoms with Gasteiger partial charge in [-0.25, -0.2) is 0 Å². The lowest BCUT2D eigenvalue weighted by atomic mass is 9.82. The number of ether oxygens (including phenoxy) is 1. The summed E-state index contributed by atoms with van der Waals surface area (Å²) in [5.74, 6) is -1.76. The molecule has 2 N–H and O–H groups in total. The summed E-state index contributed by atoms with van der Waals surface area (Å²) in [6.45, 7) is 0. The van der Waals surface area contributed by atoms with E-state index in [2.05, 4.69) is 5.32 Å². The topological polar surface area (TPSA) is 75.6 Å². The molecule has 0 bridgehead atoms. The van der Waals surface area contributed by atoms with Gasteiger partial charge in [-0.15, -0.1) is 0 Å². The number of aliphatic carboxylic acids is 1. The molecular formula is C15H17NO4. The molecule has 20 heavy (non-hydrogen) atoms. The monoisotopic (exact) mass is 275 g/mol. The quantitative estimate of drug-likeness (QED) is 0.827. The largest absolute Gasteiger partial charge is 0.497 e. The smallest absolute Gasteiger partial charge is 0.307 e. The van der Waals surface area contributed by atoms with Crippen LogP contribution in [0.25, 0.3) is 0 Å². The van der Waals surface area contributed by atoms with Crippen molar-refractivity contribution in [2.75, 3.05) is 12.4 Å². The van der Waals surface area contributed by atoms with Crippen molar-refractivity contribution in [3.8, 4) is 5.75 Å². The minimum Gasteiger partial charge on any atom is -0.497 e. The number of nitrogens with one attached hydrogen (secondary N) is 1. The fourth-order valence-corrected chi connectivity index (χ4v) is 2.31. The molecule has 5 nitrogen and oxygen atoms in total. The normalized spacial score (nSPS) is 21.2. The molecule has 0 aromatic heterocycles. The van der Waals surface area contributed by atoms with Crippen molar-refractivity contribution >= 4 is 17.6 Å². The van der Waals surface area contributed by atoms with Crippen LogP contribution in [0.3, 0.4) is 0 Å². The molecule has 106 valence electrons. The Morgan fingerprint density at radius 2 is 1.95 bits per heavy atom. The SMILES string of the molecule is COc1cccc(NC(=O)[C@H]2CC=CC[C@@H]2C(=O)O)c1. The van der Waals surface area contributed by atoms with Crippen LogP contribution in [0.5, 0.6) is 5.75 Å². The van der Waals surface area contributed by atoms with E-state index in [1.54, 1.807) is 31.4 Å². The van der Waals surface area contributed by atoms with Gasteiger partial charge in [0.1, 0.15) is 5.75 Å². The number of allylic oxidation sites excluding steroid dienone is 2. The third-order valence-corrected chi connectivity index (χ3v) is 3.42. The first kappa shape index (κ1) is 14.1. The summed E-state index contributed by atoms with van der Waals surface area (Å²) in [5, 5.41) is 11.9. The Labute approximate surface area is 117 Å². The number of carbonyl (C=O) groups is 2. The summed E-state index contributed by atoms with van der Waals surface area (Å²) in [6.07, 6.45) is 4.52. The molecule has 0 spiro atoms. The Bertz CT molecular complexity index is 538. The van der Waals surface area contributed by atoms with Crippen molar-refractivity contribution in [1.82, 2.24) is 0 Å². The zero-order chi connectivity index (χ0) is 14.5. The molecule has 1 amide bonds. The summed E-state index contributed by atoms with van der Waals surface area (Å²) in [6, 6.07) is 6.99. The molecule has 0 saturated carbocycles. The molecule has 2 rings (SSSR count). The highest BCUT2D eigenvalue weighted by Crippen LogP contribution is 2.27. The van der Waals surface area contributed by atoms with Gasteiger partial charge in [-0.1, -0.05) is 18.2 Å². The van der Waals surface area contributed by atoms with Gasteiger partial charge in [-0.05, 0) is 25.0 Å². The molecule has 1 aliphatic carbocycles. The summed E-state index contributed by atoms with van der Waals surface area (Å²) in [4.78, 5) is 23.4. The number of anilines is 1. The van der Waals surface area contributed by atoms with Crippen LogP contribution in [0.2, 0.25) is 0 Å². The van der Waals surface area contributed by atoms with Gasteiger partial charge in [0, 0.05) is 11.8 Å². The van der Waals surface area contributed by atoms with E-state index >= 15 is 0 Å². The standard InChI is InChI=1S/C15H17NO4/c1-20-11-6-4-5-10(9-11)16-14(17)12-7-2-3-8-13(12)15(18)19/h2-6,9,12-13H,7-8H2,1H3,(H,16,17)(H,18,19)/t12-,13-/m0/s1. The predicted octanol–water partition coefficient (Wildman–Crippen LogP) is 2.30. The number of carbonyl (C=O) groups excluding carboxylic acids is 1. The Morgan fingerprint density at radius 1 is 1.25 bits per heavy atom. The maximum Gasteiger partial charge on any atom is 0.307 e. The average molecular weight is 275 g/mol. The van der Waals surface area contributed by atoms with Gasteiger partial charge >= 0.3 is 5.97 Å². The van der Waals surface area contributed by atoms with Crippen molar-refractivity contribution in [2.24, 2.45) is 11.8 Å². The van der Waals surface area contributed by atoms with Crippen molar-refractivity contribution < 1.29 is 19.4 Å². The number of carboxylic acids is 1. The fourth-order valence-electron chi connectivity index (χ4n) is 2.31. The molecule has 0 radical (unpaired) electrons. The van der Waals surface area contributed by atoms with E-state index in [4.69, 9.17) is 4.74 Å². The van der Waals surface area contributed by atoms with Gasteiger partial charge in [0.2, 0.25) is 5.91 Å². The summed E-state index contributed by atoms with van der Waals surface area (Å²) < 4.78 is 5.08. The molecule has 1 aromatic carbocycles. The van der Waals surface area contributed by atoms with E-state index < -0.39 is 17.8 Å². The lowest BCUT2D eigenvalue weighted by Gasteiger charge is -2.24. The Kier molecular flexibility index (Phi) is 4.40. The second-order valence-corrected chi connectivity index (χ2v) is 4.72. The van der Waals surface area contributed by atoms with E-state index in [1.807, 2.05) is 12.2 Å². The van der Waals surface area contributed by atoms with E-state index in [1.165, 1.54) is 0 Å². The second-order valence-electron chi connectivity index (χ2n) is 4.72. The van der Waals surface area contributed by atoms with Crippen LogP contribution in [-0.4, -0.2) is 24.1 Å². The number of rotatable bonds is 4. The van der Waals surface area contributed by atoms with Crippen LogP contribution >= 0.6 is 0 Å². The average Bonchev–Trinajstić information content (AvgIpc) is 2.47. The van der Waals surface area contributed by atoms with E-state index in [9.17, 15) is 14.7 Å². The van der Waals surface area contributed by atoms with Gasteiger partial charge in [0.05, 0.1) is 18.9 Å². The van der Waals surface area contributed by atoms with E-state index in [0.29, 0.717) is 24.3 Å². The van der Waals surface area contributed by atoms with Gasteiger partial charge in [0.15, 0.2) is 0 Å². The van der Waals surface area contributed by atoms with Gasteiger partial charge in [-0.3, -0.25) is 9.59 Å². The molecular weight excluding hydrogens is 258 g/mol. The number of amides is 1. The summed E-state index contributed by atoms with van der Waals surface area (Å²) in [5.41, 5.74) is 0.605. The van der Waals surface area contributed by atoms with Crippen molar-refractivity contribution in [2.45, 2.75) is 12.8 Å². The van der Waals surface area contributed by atoms with Gasteiger partial charge in [-0.2, -0.15) is 0 Å². The molecule has 0 unspecified atom stereocenters. The summed E-state index contributed by atoms with van der Waals surface area (Å²) >= 11 is 0. The minimum atomic E-state index is -0.930. The number of carboxylic acid groups (broad SMARTS) is 1. The van der Waals surface area contributed by atoms with E-state index in [0.717, 1.165) is 0 Å². The zero-order valence-corrected chi connectivity index (χ0v) is 11.2. The number of methoxy groups -OCH3 is 1. The Morgan fingerprint density at radius 3 is 2.60 bits per heavy atom. The number of benzene rings is 1. The number of hydrogen-bond acceptors (Lipinski definition) is 3. The highest BCUT2D eigenvalue weighted by Gasteiger charge is 2.33. The Balaban J connectivity index is 2.10. The summed E-state index contributed by atoms with van der Waals surface area (Å²) in [7, 11) is 1.55. The first-order valence-corrected chi connectivity index (χ1v) is 6.44. The van der Waals surface area contributed by atoms with Crippen LogP contribution < -0.4 is 10.1 Å². The van der Waals surface area contributed by atoms with Crippen LogP contribution in [0.1, 0.15) is 12.8 Å². The molecule has 2 atom stereocenters.